The summed E-state index contributed by atoms with van der Waals surface area (Å²) in [7, 11) is 0. The van der Waals surface area contributed by atoms with Crippen LogP contribution in [-0.4, -0.2) is 67.4 Å². The van der Waals surface area contributed by atoms with Crippen molar-refractivity contribution >= 4 is 17.4 Å². The lowest BCUT2D eigenvalue weighted by atomic mass is 10.1. The third-order valence-corrected chi connectivity index (χ3v) is 6.05. The predicted molar refractivity (Wildman–Crippen MR) is 129 cm³/mol. The molecular formula is C25H25N7O3. The fourth-order valence-corrected chi connectivity index (χ4v) is 4.06. The highest BCUT2D eigenvalue weighted by Gasteiger charge is 2.25. The summed E-state index contributed by atoms with van der Waals surface area (Å²) >= 11 is 0. The molecule has 4 heterocycles. The van der Waals surface area contributed by atoms with E-state index >= 15 is 0 Å². The zero-order valence-corrected chi connectivity index (χ0v) is 19.6. The van der Waals surface area contributed by atoms with E-state index in [4.69, 9.17) is 4.52 Å². The summed E-state index contributed by atoms with van der Waals surface area (Å²) in [5.41, 5.74) is 2.75. The number of amides is 1. The first kappa shape index (κ1) is 22.5. The average molecular weight is 472 g/mol. The van der Waals surface area contributed by atoms with E-state index in [1.807, 2.05) is 37.3 Å². The van der Waals surface area contributed by atoms with Crippen LogP contribution in [0.2, 0.25) is 0 Å². The van der Waals surface area contributed by atoms with E-state index in [0.717, 1.165) is 5.69 Å². The molecule has 3 aromatic heterocycles. The minimum atomic E-state index is -0.126. The van der Waals surface area contributed by atoms with Crippen molar-refractivity contribution in [2.75, 3.05) is 31.1 Å². The van der Waals surface area contributed by atoms with E-state index in [-0.39, 0.29) is 11.7 Å². The first-order valence-corrected chi connectivity index (χ1v) is 11.5. The van der Waals surface area contributed by atoms with Crippen LogP contribution in [0.4, 0.5) is 5.69 Å². The highest BCUT2D eigenvalue weighted by atomic mass is 16.5. The Morgan fingerprint density at radius 3 is 2.49 bits per heavy atom. The minimum Gasteiger partial charge on any atom is -0.368 e. The monoisotopic (exact) mass is 471 g/mol. The van der Waals surface area contributed by atoms with Gasteiger partial charge in [0.05, 0.1) is 5.56 Å². The Morgan fingerprint density at radius 1 is 1.03 bits per heavy atom. The number of hydrogen-bond donors (Lipinski definition) is 0. The average Bonchev–Trinajstić information content (AvgIpc) is 3.59. The molecule has 10 heteroatoms. The van der Waals surface area contributed by atoms with Crippen molar-refractivity contribution in [3.8, 4) is 17.3 Å². The molecule has 1 amide bonds. The van der Waals surface area contributed by atoms with Gasteiger partial charge in [-0.2, -0.15) is 4.98 Å². The number of carbonyl (C=O) groups excluding carboxylic acids is 2. The van der Waals surface area contributed by atoms with Crippen molar-refractivity contribution in [3.05, 3.63) is 72.2 Å². The van der Waals surface area contributed by atoms with Crippen LogP contribution in [0, 0.1) is 0 Å². The lowest BCUT2D eigenvalue weighted by Gasteiger charge is -2.35. The number of nitrogens with zero attached hydrogens (tertiary/aromatic N) is 7. The van der Waals surface area contributed by atoms with Gasteiger partial charge in [0.1, 0.15) is 12.0 Å². The summed E-state index contributed by atoms with van der Waals surface area (Å²) in [6.07, 6.45) is 5.58. The number of carbonyl (C=O) groups is 2. The third-order valence-electron chi connectivity index (χ3n) is 6.05. The van der Waals surface area contributed by atoms with Gasteiger partial charge in [-0.3, -0.25) is 14.2 Å². The lowest BCUT2D eigenvalue weighted by Crippen LogP contribution is -2.48. The molecule has 0 N–H and O–H groups in total. The van der Waals surface area contributed by atoms with E-state index < -0.39 is 0 Å². The predicted octanol–water partition coefficient (Wildman–Crippen LogP) is 3.04. The maximum atomic E-state index is 13.1. The van der Waals surface area contributed by atoms with E-state index in [1.165, 1.54) is 0 Å². The molecule has 0 spiro atoms. The van der Waals surface area contributed by atoms with Crippen LogP contribution in [0.25, 0.3) is 17.3 Å². The second-order valence-electron chi connectivity index (χ2n) is 8.29. The topological polar surface area (TPSA) is 110 Å². The second-order valence-corrected chi connectivity index (χ2v) is 8.29. The largest absolute Gasteiger partial charge is 0.368 e. The first-order valence-electron chi connectivity index (χ1n) is 11.5. The molecule has 1 aliphatic rings. The number of pyridine rings is 1. The van der Waals surface area contributed by atoms with Crippen LogP contribution >= 0.6 is 0 Å². The molecular weight excluding hydrogens is 446 g/mol. The van der Waals surface area contributed by atoms with Crippen LogP contribution in [0.3, 0.4) is 0 Å². The Bertz CT molecular complexity index is 1350. The van der Waals surface area contributed by atoms with Crippen LogP contribution < -0.4 is 4.90 Å². The number of piperazine rings is 1. The van der Waals surface area contributed by atoms with Gasteiger partial charge < -0.3 is 14.3 Å². The number of rotatable bonds is 6. The Labute approximate surface area is 202 Å². The van der Waals surface area contributed by atoms with Crippen LogP contribution in [0.5, 0.6) is 0 Å². The van der Waals surface area contributed by atoms with Gasteiger partial charge in [-0.05, 0) is 43.3 Å². The van der Waals surface area contributed by atoms with Gasteiger partial charge in [0, 0.05) is 56.2 Å². The Balaban J connectivity index is 1.28. The SMILES string of the molecule is CCc1noc(-c2cccnc2-n2cnc(C(=O)N3CCN(c4ccc(C(C)=O)cc4)CC3)c2)n1. The third kappa shape index (κ3) is 4.54. The van der Waals surface area contributed by atoms with Gasteiger partial charge in [-0.25, -0.2) is 9.97 Å². The Hall–Kier alpha value is -4.34. The smallest absolute Gasteiger partial charge is 0.274 e. The molecule has 0 radical (unpaired) electrons. The summed E-state index contributed by atoms with van der Waals surface area (Å²) in [6.45, 7) is 6.08. The summed E-state index contributed by atoms with van der Waals surface area (Å²) in [4.78, 5) is 41.8. The fourth-order valence-electron chi connectivity index (χ4n) is 4.06. The highest BCUT2D eigenvalue weighted by molar-refractivity contribution is 5.94. The molecule has 1 aromatic carbocycles. The van der Waals surface area contributed by atoms with Crippen molar-refractivity contribution in [1.29, 1.82) is 0 Å². The van der Waals surface area contributed by atoms with Gasteiger partial charge >= 0.3 is 0 Å². The number of anilines is 1. The molecule has 4 aromatic rings. The standard InChI is InChI=1S/C25H25N7O3/c1-3-22-28-24(35-29-22)20-5-4-10-26-23(20)32-15-21(27-16-32)25(34)31-13-11-30(12-14-31)19-8-6-18(7-9-19)17(2)33/h4-10,15-16H,3,11-14H2,1-2H3. The van der Waals surface area contributed by atoms with E-state index in [0.29, 0.717) is 67.0 Å². The molecule has 0 unspecified atom stereocenters. The lowest BCUT2D eigenvalue weighted by molar-refractivity contribution is 0.0741. The molecule has 1 fully saturated rings. The molecule has 35 heavy (non-hydrogen) atoms. The van der Waals surface area contributed by atoms with Crippen molar-refractivity contribution in [2.45, 2.75) is 20.3 Å². The number of imidazole rings is 1. The van der Waals surface area contributed by atoms with Crippen LogP contribution in [0.1, 0.15) is 40.5 Å². The Morgan fingerprint density at radius 2 is 1.80 bits per heavy atom. The maximum absolute atomic E-state index is 13.1. The number of aromatic nitrogens is 5. The molecule has 5 rings (SSSR count). The zero-order chi connectivity index (χ0) is 24.4. The summed E-state index contributed by atoms with van der Waals surface area (Å²) < 4.78 is 7.09. The fraction of sp³-hybridized carbons (Fsp3) is 0.280. The summed E-state index contributed by atoms with van der Waals surface area (Å²) in [6, 6.07) is 11.2. The zero-order valence-electron chi connectivity index (χ0n) is 19.6. The Kier molecular flexibility index (Phi) is 6.09. The van der Waals surface area contributed by atoms with E-state index in [1.54, 1.807) is 41.2 Å². The van der Waals surface area contributed by atoms with Crippen molar-refractivity contribution in [2.24, 2.45) is 0 Å². The maximum Gasteiger partial charge on any atom is 0.274 e. The molecule has 0 aliphatic carbocycles. The molecule has 178 valence electrons. The molecule has 0 atom stereocenters. The van der Waals surface area contributed by atoms with Crippen molar-refractivity contribution < 1.29 is 14.1 Å². The molecule has 1 aliphatic heterocycles. The van der Waals surface area contributed by atoms with E-state index in [2.05, 4.69) is 25.0 Å². The quantitative estimate of drug-likeness (QED) is 0.395. The molecule has 0 bridgehead atoms. The highest BCUT2D eigenvalue weighted by Crippen LogP contribution is 2.24. The molecule has 1 saturated heterocycles. The number of ketones is 1. The van der Waals surface area contributed by atoms with E-state index in [9.17, 15) is 9.59 Å². The molecule has 0 saturated carbocycles. The minimum absolute atomic E-state index is 0.0482. The first-order chi connectivity index (χ1) is 17.0. The van der Waals surface area contributed by atoms with Gasteiger partial charge in [-0.1, -0.05) is 12.1 Å². The van der Waals surface area contributed by atoms with Crippen LogP contribution in [-0.2, 0) is 6.42 Å². The normalized spacial score (nSPS) is 13.8. The van der Waals surface area contributed by atoms with Crippen molar-refractivity contribution in [3.63, 3.8) is 0 Å². The summed E-state index contributed by atoms with van der Waals surface area (Å²) in [5, 5.41) is 3.96. The number of hydrogen-bond acceptors (Lipinski definition) is 8. The summed E-state index contributed by atoms with van der Waals surface area (Å²) in [5.74, 6) is 1.47. The molecule has 10 nitrogen and oxygen atoms in total. The van der Waals surface area contributed by atoms with Gasteiger partial charge in [0.25, 0.3) is 11.8 Å². The van der Waals surface area contributed by atoms with Gasteiger partial charge in [0.15, 0.2) is 17.4 Å². The second kappa shape index (κ2) is 9.49. The van der Waals surface area contributed by atoms with Crippen molar-refractivity contribution in [1.82, 2.24) is 29.6 Å². The number of aryl methyl sites for hydroxylation is 1. The van der Waals surface area contributed by atoms with Gasteiger partial charge in [0.2, 0.25) is 0 Å². The van der Waals surface area contributed by atoms with Gasteiger partial charge in [-0.15, -0.1) is 0 Å². The number of Topliss-reactive ketones (excluding diaryl/α,β-unsaturated/α-hetero) is 1. The van der Waals surface area contributed by atoms with Crippen LogP contribution in [0.15, 0.2) is 59.6 Å². The number of benzene rings is 1.